The third-order valence-electron chi connectivity index (χ3n) is 4.61. The van der Waals surface area contributed by atoms with Gasteiger partial charge in [0.15, 0.2) is 0 Å². The molecule has 0 spiro atoms. The minimum atomic E-state index is -0.0513. The molecule has 5 nitrogen and oxygen atoms in total. The number of rotatable bonds is 2. The van der Waals surface area contributed by atoms with E-state index in [1.807, 2.05) is 17.0 Å². The molecule has 0 unspecified atom stereocenters. The molecule has 1 aromatic carbocycles. The van der Waals surface area contributed by atoms with Crippen molar-refractivity contribution in [1.82, 2.24) is 14.9 Å². The molecule has 3 heterocycles. The average Bonchev–Trinajstić information content (AvgIpc) is 3.06. The lowest BCUT2D eigenvalue weighted by Gasteiger charge is -2.35. The van der Waals surface area contributed by atoms with Crippen molar-refractivity contribution in [3.05, 3.63) is 60.6 Å². The van der Waals surface area contributed by atoms with Gasteiger partial charge in [0, 0.05) is 35.8 Å². The van der Waals surface area contributed by atoms with Gasteiger partial charge in [0.05, 0.1) is 6.04 Å². The molecule has 0 radical (unpaired) electrons. The van der Waals surface area contributed by atoms with Crippen LogP contribution in [0.5, 0.6) is 0 Å². The van der Waals surface area contributed by atoms with Crippen LogP contribution in [0.1, 0.15) is 31.0 Å². The van der Waals surface area contributed by atoms with Crippen LogP contribution in [0.2, 0.25) is 0 Å². The van der Waals surface area contributed by atoms with Crippen molar-refractivity contribution in [2.75, 3.05) is 11.9 Å². The Morgan fingerprint density at radius 1 is 1.17 bits per heavy atom. The van der Waals surface area contributed by atoms with E-state index >= 15 is 0 Å². The molecule has 1 aliphatic heterocycles. The second-order valence-electron chi connectivity index (χ2n) is 6.18. The largest absolute Gasteiger partial charge is 0.357 e. The zero-order valence-electron chi connectivity index (χ0n) is 13.4. The first-order valence-corrected chi connectivity index (χ1v) is 8.36. The zero-order valence-corrected chi connectivity index (χ0v) is 13.4. The van der Waals surface area contributed by atoms with Gasteiger partial charge in [-0.15, -0.1) is 0 Å². The molecular weight excluding hydrogens is 300 g/mol. The van der Waals surface area contributed by atoms with Crippen LogP contribution in [0.25, 0.3) is 10.9 Å². The molecular formula is C19H20N4O. The van der Waals surface area contributed by atoms with E-state index in [1.54, 1.807) is 24.5 Å². The Morgan fingerprint density at radius 2 is 2.00 bits per heavy atom. The lowest BCUT2D eigenvalue weighted by Crippen LogP contribution is -2.41. The van der Waals surface area contributed by atoms with Gasteiger partial charge in [-0.2, -0.15) is 0 Å². The predicted molar refractivity (Wildman–Crippen MR) is 94.9 cm³/mol. The van der Waals surface area contributed by atoms with Crippen molar-refractivity contribution in [3.8, 4) is 0 Å². The van der Waals surface area contributed by atoms with E-state index < -0.39 is 0 Å². The molecule has 3 aromatic rings. The van der Waals surface area contributed by atoms with E-state index in [9.17, 15) is 4.79 Å². The normalized spacial score (nSPS) is 17.8. The number of fused-ring (bicyclic) bond motifs is 1. The monoisotopic (exact) mass is 320 g/mol. The minimum Gasteiger partial charge on any atom is -0.357 e. The van der Waals surface area contributed by atoms with Crippen LogP contribution < -0.4 is 5.32 Å². The number of H-pyrrole nitrogens is 1. The number of anilines is 1. The fourth-order valence-corrected chi connectivity index (χ4v) is 3.40. The Hall–Kier alpha value is -2.82. The Bertz CT molecular complexity index is 810. The van der Waals surface area contributed by atoms with E-state index in [4.69, 9.17) is 0 Å². The number of hydrogen-bond donors (Lipinski definition) is 2. The number of aromatic nitrogens is 2. The maximum Gasteiger partial charge on any atom is 0.322 e. The molecule has 1 saturated heterocycles. The quantitative estimate of drug-likeness (QED) is 0.738. The van der Waals surface area contributed by atoms with Crippen LogP contribution in [0.3, 0.4) is 0 Å². The molecule has 0 saturated carbocycles. The average molecular weight is 320 g/mol. The number of carbonyl (C=O) groups is 1. The third kappa shape index (κ3) is 2.85. The SMILES string of the molecule is O=C(Nc1ccncc1)N1CCCC[C@@H]1c1cc2ccccc2[nH]1. The summed E-state index contributed by atoms with van der Waals surface area (Å²) < 4.78 is 0. The molecule has 1 aliphatic rings. The minimum absolute atomic E-state index is 0.0513. The molecule has 2 N–H and O–H groups in total. The van der Waals surface area contributed by atoms with Gasteiger partial charge in [-0.3, -0.25) is 4.98 Å². The fourth-order valence-electron chi connectivity index (χ4n) is 3.40. The first kappa shape index (κ1) is 14.8. The van der Waals surface area contributed by atoms with Gasteiger partial charge in [-0.1, -0.05) is 18.2 Å². The van der Waals surface area contributed by atoms with Crippen molar-refractivity contribution in [2.45, 2.75) is 25.3 Å². The molecule has 2 aromatic heterocycles. The Labute approximate surface area is 140 Å². The number of urea groups is 1. The summed E-state index contributed by atoms with van der Waals surface area (Å²) in [5.41, 5.74) is 3.00. The summed E-state index contributed by atoms with van der Waals surface area (Å²) in [5, 5.41) is 4.17. The fraction of sp³-hybridized carbons (Fsp3) is 0.263. The van der Waals surface area contributed by atoms with Gasteiger partial charge < -0.3 is 15.2 Å². The molecule has 0 bridgehead atoms. The van der Waals surface area contributed by atoms with Gasteiger partial charge in [0.1, 0.15) is 0 Å². The van der Waals surface area contributed by atoms with Gasteiger partial charge in [-0.05, 0) is 48.9 Å². The summed E-state index contributed by atoms with van der Waals surface area (Å²) >= 11 is 0. The standard InChI is InChI=1S/C19H20N4O/c24-19(21-15-8-10-20-11-9-15)23-12-4-3-7-18(23)17-13-14-5-1-2-6-16(14)22-17/h1-2,5-6,8-11,13,18,22H,3-4,7,12H2,(H,20,21,24)/t18-/m1/s1. The first-order chi connectivity index (χ1) is 11.8. The van der Waals surface area contributed by atoms with E-state index in [0.29, 0.717) is 0 Å². The highest BCUT2D eigenvalue weighted by molar-refractivity contribution is 5.89. The predicted octanol–water partition coefficient (Wildman–Crippen LogP) is 4.32. The van der Waals surface area contributed by atoms with E-state index in [-0.39, 0.29) is 12.1 Å². The number of benzene rings is 1. The molecule has 1 atom stereocenters. The summed E-state index contributed by atoms with van der Waals surface area (Å²) in [4.78, 5) is 22.2. The van der Waals surface area contributed by atoms with E-state index in [1.165, 1.54) is 5.39 Å². The Balaban J connectivity index is 1.59. The Kier molecular flexibility index (Phi) is 3.91. The summed E-state index contributed by atoms with van der Waals surface area (Å²) in [5.74, 6) is 0. The highest BCUT2D eigenvalue weighted by Crippen LogP contribution is 2.32. The second kappa shape index (κ2) is 6.35. The van der Waals surface area contributed by atoms with Crippen molar-refractivity contribution in [1.29, 1.82) is 0 Å². The van der Waals surface area contributed by atoms with E-state index in [0.717, 1.165) is 42.7 Å². The number of amides is 2. The molecule has 122 valence electrons. The highest BCUT2D eigenvalue weighted by Gasteiger charge is 2.29. The number of carbonyl (C=O) groups excluding carboxylic acids is 1. The van der Waals surface area contributed by atoms with Crippen LogP contribution in [-0.4, -0.2) is 27.4 Å². The van der Waals surface area contributed by atoms with Gasteiger partial charge in [0.2, 0.25) is 0 Å². The lowest BCUT2D eigenvalue weighted by atomic mass is 9.99. The number of pyridine rings is 1. The summed E-state index contributed by atoms with van der Waals surface area (Å²) in [6, 6.07) is 14.0. The van der Waals surface area contributed by atoms with Crippen molar-refractivity contribution in [2.24, 2.45) is 0 Å². The second-order valence-corrected chi connectivity index (χ2v) is 6.18. The maximum atomic E-state index is 12.7. The lowest BCUT2D eigenvalue weighted by molar-refractivity contribution is 0.162. The smallest absolute Gasteiger partial charge is 0.322 e. The van der Waals surface area contributed by atoms with Crippen LogP contribution >= 0.6 is 0 Å². The first-order valence-electron chi connectivity index (χ1n) is 8.36. The molecule has 5 heteroatoms. The number of aromatic amines is 1. The topological polar surface area (TPSA) is 61.0 Å². The molecule has 0 aliphatic carbocycles. The number of hydrogen-bond acceptors (Lipinski definition) is 2. The van der Waals surface area contributed by atoms with Gasteiger partial charge in [0.25, 0.3) is 0 Å². The summed E-state index contributed by atoms with van der Waals surface area (Å²) in [6.07, 6.45) is 6.53. The molecule has 24 heavy (non-hydrogen) atoms. The summed E-state index contributed by atoms with van der Waals surface area (Å²) in [6.45, 7) is 0.775. The van der Waals surface area contributed by atoms with Crippen molar-refractivity contribution < 1.29 is 4.79 Å². The van der Waals surface area contributed by atoms with Crippen LogP contribution in [0, 0.1) is 0 Å². The molecule has 2 amide bonds. The summed E-state index contributed by atoms with van der Waals surface area (Å²) in [7, 11) is 0. The number of nitrogens with zero attached hydrogens (tertiary/aromatic N) is 2. The number of para-hydroxylation sites is 1. The molecule has 4 rings (SSSR count). The van der Waals surface area contributed by atoms with Crippen LogP contribution in [0.4, 0.5) is 10.5 Å². The van der Waals surface area contributed by atoms with Crippen LogP contribution in [0.15, 0.2) is 54.9 Å². The highest BCUT2D eigenvalue weighted by atomic mass is 16.2. The number of likely N-dealkylation sites (tertiary alicyclic amines) is 1. The van der Waals surface area contributed by atoms with Crippen LogP contribution in [-0.2, 0) is 0 Å². The van der Waals surface area contributed by atoms with Gasteiger partial charge >= 0.3 is 6.03 Å². The van der Waals surface area contributed by atoms with Crippen molar-refractivity contribution in [3.63, 3.8) is 0 Å². The van der Waals surface area contributed by atoms with Gasteiger partial charge in [-0.25, -0.2) is 4.79 Å². The molecule has 1 fully saturated rings. The van der Waals surface area contributed by atoms with Crippen molar-refractivity contribution >= 4 is 22.6 Å². The maximum absolute atomic E-state index is 12.7. The number of piperidine rings is 1. The number of nitrogens with one attached hydrogen (secondary N) is 2. The van der Waals surface area contributed by atoms with E-state index in [2.05, 4.69) is 33.5 Å². The Morgan fingerprint density at radius 3 is 2.83 bits per heavy atom. The third-order valence-corrected chi connectivity index (χ3v) is 4.61. The zero-order chi connectivity index (χ0) is 16.4.